The van der Waals surface area contributed by atoms with Gasteiger partial charge in [0.25, 0.3) is 5.69 Å². The SMILES string of the molecule is CC1CC(C)CN(c2ccc(CO)cc2[N+](=O)[O-])C1. The van der Waals surface area contributed by atoms with Crippen LogP contribution in [-0.4, -0.2) is 23.1 Å². The van der Waals surface area contributed by atoms with Crippen molar-refractivity contribution < 1.29 is 10.0 Å². The minimum absolute atomic E-state index is 0.0906. The summed E-state index contributed by atoms with van der Waals surface area (Å²) in [5.74, 6) is 1.08. The number of aliphatic hydroxyl groups excluding tert-OH is 1. The lowest BCUT2D eigenvalue weighted by Crippen LogP contribution is -2.39. The Labute approximate surface area is 113 Å². The van der Waals surface area contributed by atoms with Gasteiger partial charge in [-0.15, -0.1) is 0 Å². The fourth-order valence-electron chi connectivity index (χ4n) is 2.94. The number of anilines is 1. The summed E-state index contributed by atoms with van der Waals surface area (Å²) < 4.78 is 0. The molecule has 5 nitrogen and oxygen atoms in total. The van der Waals surface area contributed by atoms with Crippen LogP contribution >= 0.6 is 0 Å². The highest BCUT2D eigenvalue weighted by Crippen LogP contribution is 2.33. The molecular formula is C14H20N2O3. The Balaban J connectivity index is 2.35. The largest absolute Gasteiger partial charge is 0.392 e. The molecule has 0 spiro atoms. The number of piperidine rings is 1. The van der Waals surface area contributed by atoms with Crippen LogP contribution < -0.4 is 4.90 Å². The Kier molecular flexibility index (Phi) is 4.04. The first kappa shape index (κ1) is 13.8. The Morgan fingerprint density at radius 2 is 2.00 bits per heavy atom. The summed E-state index contributed by atoms with van der Waals surface area (Å²) in [7, 11) is 0. The minimum Gasteiger partial charge on any atom is -0.392 e. The molecule has 5 heteroatoms. The molecule has 1 heterocycles. The average molecular weight is 264 g/mol. The molecule has 0 radical (unpaired) electrons. The Morgan fingerprint density at radius 1 is 1.37 bits per heavy atom. The smallest absolute Gasteiger partial charge is 0.292 e. The third-order valence-corrected chi connectivity index (χ3v) is 3.63. The molecule has 1 N–H and O–H groups in total. The van der Waals surface area contributed by atoms with Gasteiger partial charge in [0.15, 0.2) is 0 Å². The second-order valence-corrected chi connectivity index (χ2v) is 5.59. The number of rotatable bonds is 3. The van der Waals surface area contributed by atoms with Crippen LogP contribution in [0.1, 0.15) is 25.8 Å². The van der Waals surface area contributed by atoms with Crippen LogP contribution in [0.2, 0.25) is 0 Å². The van der Waals surface area contributed by atoms with Crippen molar-refractivity contribution in [2.24, 2.45) is 11.8 Å². The number of nitrogens with zero attached hydrogens (tertiary/aromatic N) is 2. The van der Waals surface area contributed by atoms with Crippen molar-refractivity contribution in [3.63, 3.8) is 0 Å². The second kappa shape index (κ2) is 5.57. The molecule has 19 heavy (non-hydrogen) atoms. The lowest BCUT2D eigenvalue weighted by molar-refractivity contribution is -0.384. The number of nitro groups is 1. The van der Waals surface area contributed by atoms with E-state index in [1.807, 2.05) is 0 Å². The van der Waals surface area contributed by atoms with Gasteiger partial charge in [-0.2, -0.15) is 0 Å². The van der Waals surface area contributed by atoms with E-state index in [-0.39, 0.29) is 17.2 Å². The van der Waals surface area contributed by atoms with E-state index < -0.39 is 0 Å². The summed E-state index contributed by atoms with van der Waals surface area (Å²) in [4.78, 5) is 12.9. The third kappa shape index (κ3) is 3.04. The number of benzene rings is 1. The van der Waals surface area contributed by atoms with Crippen LogP contribution in [0.3, 0.4) is 0 Å². The van der Waals surface area contributed by atoms with E-state index in [1.54, 1.807) is 12.1 Å². The van der Waals surface area contributed by atoms with E-state index >= 15 is 0 Å². The Morgan fingerprint density at radius 3 is 2.53 bits per heavy atom. The monoisotopic (exact) mass is 264 g/mol. The fraction of sp³-hybridized carbons (Fsp3) is 0.571. The number of aliphatic hydroxyl groups is 1. The zero-order valence-corrected chi connectivity index (χ0v) is 11.4. The molecule has 2 atom stereocenters. The van der Waals surface area contributed by atoms with Crippen molar-refractivity contribution in [3.8, 4) is 0 Å². The Hall–Kier alpha value is -1.62. The van der Waals surface area contributed by atoms with Crippen molar-refractivity contribution in [1.29, 1.82) is 0 Å². The number of hydrogen-bond acceptors (Lipinski definition) is 4. The van der Waals surface area contributed by atoms with Crippen LogP contribution in [0.4, 0.5) is 11.4 Å². The van der Waals surface area contributed by atoms with E-state index in [2.05, 4.69) is 18.7 Å². The number of nitro benzene ring substituents is 1. The van der Waals surface area contributed by atoms with E-state index in [0.29, 0.717) is 23.1 Å². The molecule has 0 saturated carbocycles. The van der Waals surface area contributed by atoms with Gasteiger partial charge in [-0.25, -0.2) is 0 Å². The van der Waals surface area contributed by atoms with E-state index in [9.17, 15) is 10.1 Å². The Bertz CT molecular complexity index is 466. The molecule has 0 bridgehead atoms. The van der Waals surface area contributed by atoms with E-state index in [4.69, 9.17) is 5.11 Å². The van der Waals surface area contributed by atoms with Gasteiger partial charge in [0.05, 0.1) is 11.5 Å². The summed E-state index contributed by atoms with van der Waals surface area (Å²) in [6, 6.07) is 4.99. The van der Waals surface area contributed by atoms with Gasteiger partial charge in [-0.05, 0) is 29.9 Å². The average Bonchev–Trinajstić information content (AvgIpc) is 2.36. The normalized spacial score (nSPS) is 23.4. The van der Waals surface area contributed by atoms with Crippen LogP contribution in [-0.2, 0) is 6.61 Å². The van der Waals surface area contributed by atoms with Crippen LogP contribution in [0.25, 0.3) is 0 Å². The van der Waals surface area contributed by atoms with Crippen molar-refractivity contribution in [2.75, 3.05) is 18.0 Å². The van der Waals surface area contributed by atoms with Gasteiger partial charge < -0.3 is 10.0 Å². The van der Waals surface area contributed by atoms with Gasteiger partial charge in [0.1, 0.15) is 5.69 Å². The predicted octanol–water partition coefficient (Wildman–Crippen LogP) is 2.57. The zero-order valence-electron chi connectivity index (χ0n) is 11.4. The molecule has 1 aromatic rings. The first-order valence-electron chi connectivity index (χ1n) is 6.64. The molecule has 104 valence electrons. The van der Waals surface area contributed by atoms with E-state index in [0.717, 1.165) is 13.1 Å². The molecule has 0 aliphatic carbocycles. The quantitative estimate of drug-likeness (QED) is 0.673. The second-order valence-electron chi connectivity index (χ2n) is 5.59. The summed E-state index contributed by atoms with van der Waals surface area (Å²) >= 11 is 0. The lowest BCUT2D eigenvalue weighted by Gasteiger charge is -2.36. The molecule has 0 amide bonds. The summed E-state index contributed by atoms with van der Waals surface area (Å²) in [5, 5.41) is 20.3. The number of hydrogen-bond donors (Lipinski definition) is 1. The summed E-state index contributed by atoms with van der Waals surface area (Å²) in [6.07, 6.45) is 1.17. The highest BCUT2D eigenvalue weighted by molar-refractivity contribution is 5.64. The van der Waals surface area contributed by atoms with Crippen molar-refractivity contribution in [3.05, 3.63) is 33.9 Å². The molecule has 2 rings (SSSR count). The van der Waals surface area contributed by atoms with Gasteiger partial charge in [0, 0.05) is 19.2 Å². The topological polar surface area (TPSA) is 66.6 Å². The van der Waals surface area contributed by atoms with Gasteiger partial charge in [-0.1, -0.05) is 19.9 Å². The van der Waals surface area contributed by atoms with Gasteiger partial charge >= 0.3 is 0 Å². The maximum atomic E-state index is 11.2. The lowest BCUT2D eigenvalue weighted by atomic mass is 9.91. The molecule has 1 saturated heterocycles. The van der Waals surface area contributed by atoms with Crippen LogP contribution in [0, 0.1) is 22.0 Å². The van der Waals surface area contributed by atoms with Crippen LogP contribution in [0.15, 0.2) is 18.2 Å². The summed E-state index contributed by atoms with van der Waals surface area (Å²) in [6.45, 7) is 5.88. The van der Waals surface area contributed by atoms with Crippen molar-refractivity contribution in [2.45, 2.75) is 26.9 Å². The standard InChI is InChI=1S/C14H20N2O3/c1-10-5-11(2)8-15(7-10)13-4-3-12(9-17)6-14(13)16(18)19/h3-4,6,10-11,17H,5,7-9H2,1-2H3. The van der Waals surface area contributed by atoms with Gasteiger partial charge in [0.2, 0.25) is 0 Å². The van der Waals surface area contributed by atoms with E-state index in [1.165, 1.54) is 12.5 Å². The molecule has 2 unspecified atom stereocenters. The van der Waals surface area contributed by atoms with Crippen LogP contribution in [0.5, 0.6) is 0 Å². The predicted molar refractivity (Wildman–Crippen MR) is 74.2 cm³/mol. The fourth-order valence-corrected chi connectivity index (χ4v) is 2.94. The first-order chi connectivity index (χ1) is 9.01. The third-order valence-electron chi connectivity index (χ3n) is 3.63. The molecule has 1 aromatic carbocycles. The van der Waals surface area contributed by atoms with Crippen molar-refractivity contribution >= 4 is 11.4 Å². The maximum absolute atomic E-state index is 11.2. The molecule has 1 aliphatic heterocycles. The molecular weight excluding hydrogens is 244 g/mol. The van der Waals surface area contributed by atoms with Crippen molar-refractivity contribution in [1.82, 2.24) is 0 Å². The first-order valence-corrected chi connectivity index (χ1v) is 6.64. The zero-order chi connectivity index (χ0) is 14.0. The molecule has 1 aliphatic rings. The molecule has 0 aromatic heterocycles. The van der Waals surface area contributed by atoms with Gasteiger partial charge in [-0.3, -0.25) is 10.1 Å². The highest BCUT2D eigenvalue weighted by atomic mass is 16.6. The highest BCUT2D eigenvalue weighted by Gasteiger charge is 2.27. The minimum atomic E-state index is -0.363. The summed E-state index contributed by atoms with van der Waals surface area (Å²) in [5.41, 5.74) is 1.34. The molecule has 1 fully saturated rings. The maximum Gasteiger partial charge on any atom is 0.292 e.